The molecule has 3 aliphatic rings. The molecule has 5 rings (SSSR count). The molecule has 1 heterocycles. The lowest BCUT2D eigenvalue weighted by molar-refractivity contribution is -0.871. The van der Waals surface area contributed by atoms with Crippen molar-refractivity contribution in [3.05, 3.63) is 110 Å². The highest BCUT2D eigenvalue weighted by Gasteiger charge is 2.45. The van der Waals surface area contributed by atoms with Crippen molar-refractivity contribution >= 4 is 31.4 Å². The van der Waals surface area contributed by atoms with E-state index in [2.05, 4.69) is 114 Å². The van der Waals surface area contributed by atoms with Crippen LogP contribution >= 0.6 is 0 Å². The molecule has 0 saturated heterocycles. The van der Waals surface area contributed by atoms with Gasteiger partial charge in [-0.1, -0.05) is 48.8 Å². The van der Waals surface area contributed by atoms with Gasteiger partial charge in [0.15, 0.2) is 22.1 Å². The number of benzene rings is 2. The minimum absolute atomic E-state index is 0.150. The Bertz CT molecular complexity index is 2440. The molecule has 0 radical (unpaired) electrons. The molecule has 2 aromatic rings. The van der Waals surface area contributed by atoms with Crippen molar-refractivity contribution < 1.29 is 34.9 Å². The minimum Gasteiger partial charge on any atom is -0.744 e. The summed E-state index contributed by atoms with van der Waals surface area (Å²) in [6.45, 7) is 12.3. The molecule has 12 nitrogen and oxygen atoms in total. The molecule has 0 spiro atoms. The molecule has 0 aromatic heterocycles. The van der Waals surface area contributed by atoms with Crippen LogP contribution in [-0.4, -0.2) is 122 Å². The van der Waals surface area contributed by atoms with Crippen molar-refractivity contribution in [3.63, 3.8) is 0 Å². The number of hydrogen-bond donors (Lipinski definition) is 1. The van der Waals surface area contributed by atoms with E-state index in [1.807, 2.05) is 12.1 Å². The van der Waals surface area contributed by atoms with Crippen LogP contribution in [0.25, 0.3) is 10.4 Å². The number of quaternary nitrogens is 2. The summed E-state index contributed by atoms with van der Waals surface area (Å²) in [5.41, 5.74) is 17.7. The average molecular weight is 876 g/mol. The highest BCUT2D eigenvalue weighted by Crippen LogP contribution is 2.52. The molecule has 1 atom stereocenters. The largest absolute Gasteiger partial charge is 0.744 e. The second kappa shape index (κ2) is 18.4. The molecule has 0 fully saturated rings. The Balaban J connectivity index is 1.62. The summed E-state index contributed by atoms with van der Waals surface area (Å²) in [4.78, 5) is 3.06. The number of fused-ring (bicyclic) bond motifs is 2. The molecule has 61 heavy (non-hydrogen) atoms. The Morgan fingerprint density at radius 2 is 1.52 bits per heavy atom. The topological polar surface area (TPSA) is 155 Å². The standard InChI is InChI=1S/C47H68N7O5S2/c1-46(2)40(38(18-13-30-53(5,6)7)39-23-21-36(32-41(39)46)60(11,55)56)24-19-34-16-12-17-35(45(34)49-27-14-28-50-51-48)20-26-44-47(3,4)42-33-37(61(57,58)59)22-25-43(42)52(44)29-15-31-54(8,9)10/h19-26,32-33,38H,12-18,27-31H2,1-11H3/q+1/p+1/b34-19+,40-24-. The molecule has 2 aliphatic carbocycles. The van der Waals surface area contributed by atoms with Crippen LogP contribution in [0, 0.1) is 0 Å². The summed E-state index contributed by atoms with van der Waals surface area (Å²) in [5.74, 6) is 0.150. The smallest absolute Gasteiger partial charge is 0.209 e. The first-order valence-corrected chi connectivity index (χ1v) is 24.8. The van der Waals surface area contributed by atoms with Crippen LogP contribution in [0.1, 0.15) is 95.2 Å². The third-order valence-corrected chi connectivity index (χ3v) is 14.5. The monoisotopic (exact) mass is 875 g/mol. The summed E-state index contributed by atoms with van der Waals surface area (Å²) in [5, 5.41) is 7.49. The molecule has 1 unspecified atom stereocenters. The van der Waals surface area contributed by atoms with Gasteiger partial charge in [-0.15, -0.1) is 0 Å². The van der Waals surface area contributed by atoms with Gasteiger partial charge in [0, 0.05) is 59.0 Å². The first-order chi connectivity index (χ1) is 28.3. The second-order valence-corrected chi connectivity index (χ2v) is 23.5. The van der Waals surface area contributed by atoms with Crippen molar-refractivity contribution in [3.8, 4) is 0 Å². The third-order valence-electron chi connectivity index (χ3n) is 12.5. The fourth-order valence-electron chi connectivity index (χ4n) is 9.29. The highest BCUT2D eigenvalue weighted by molar-refractivity contribution is 7.90. The molecular weight excluding hydrogens is 807 g/mol. The van der Waals surface area contributed by atoms with Crippen molar-refractivity contribution in [2.45, 2.75) is 99.2 Å². The van der Waals surface area contributed by atoms with Gasteiger partial charge in [-0.05, 0) is 104 Å². The van der Waals surface area contributed by atoms with Crippen LogP contribution in [0.5, 0.6) is 0 Å². The van der Waals surface area contributed by atoms with Crippen molar-refractivity contribution in [2.75, 3.05) is 81.3 Å². The SMILES string of the molecule is CC1(C)C(/C=C/C2=C(NCCCN=[N+]=[N-])C(=C/C=C3/C(CCC[N+](C)(C)C)c4ccc(S(C)(=O)=O)cc4C3(C)C)/CCC2)=[N+](CCC[N+](C)(C)C)c2ccc(S(=O)(=O)[O-])cc21. The van der Waals surface area contributed by atoms with Gasteiger partial charge in [-0.3, -0.25) is 0 Å². The van der Waals surface area contributed by atoms with Gasteiger partial charge < -0.3 is 18.8 Å². The van der Waals surface area contributed by atoms with Crippen molar-refractivity contribution in [1.82, 2.24) is 5.32 Å². The third kappa shape index (κ3) is 11.5. The van der Waals surface area contributed by atoms with E-state index in [1.165, 1.54) is 29.0 Å². The predicted molar refractivity (Wildman–Crippen MR) is 245 cm³/mol. The molecule has 14 heteroatoms. The summed E-state index contributed by atoms with van der Waals surface area (Å²) in [6.07, 6.45) is 16.4. The van der Waals surface area contributed by atoms with Gasteiger partial charge in [-0.25, -0.2) is 16.8 Å². The van der Waals surface area contributed by atoms with E-state index in [-0.39, 0.29) is 10.8 Å². The Morgan fingerprint density at radius 3 is 2.16 bits per heavy atom. The molecule has 0 amide bonds. The number of nitrogens with one attached hydrogen (secondary N) is 1. The van der Waals surface area contributed by atoms with E-state index >= 15 is 0 Å². The molecule has 0 saturated carbocycles. The predicted octanol–water partition coefficient (Wildman–Crippen LogP) is 8.17. The molecule has 2 aromatic carbocycles. The maximum Gasteiger partial charge on any atom is 0.209 e. The zero-order chi connectivity index (χ0) is 45.2. The number of allylic oxidation sites excluding steroid dienone is 7. The van der Waals surface area contributed by atoms with Crippen molar-refractivity contribution in [2.24, 2.45) is 5.11 Å². The number of hydrogen-bond acceptors (Lipinski definition) is 7. The minimum atomic E-state index is -4.64. The second-order valence-electron chi connectivity index (χ2n) is 20.2. The van der Waals surface area contributed by atoms with E-state index in [9.17, 15) is 21.4 Å². The van der Waals surface area contributed by atoms with Crippen LogP contribution in [0.3, 0.4) is 0 Å². The van der Waals surface area contributed by atoms with Gasteiger partial charge in [0.1, 0.15) is 10.1 Å². The molecule has 0 bridgehead atoms. The molecule has 332 valence electrons. The summed E-state index contributed by atoms with van der Waals surface area (Å²) in [7, 11) is 5.12. The van der Waals surface area contributed by atoms with Gasteiger partial charge in [0.2, 0.25) is 5.69 Å². The van der Waals surface area contributed by atoms with Gasteiger partial charge in [0.05, 0.1) is 77.0 Å². The lowest BCUT2D eigenvalue weighted by atomic mass is 9.79. The van der Waals surface area contributed by atoms with E-state index < -0.39 is 30.8 Å². The fourth-order valence-corrected chi connectivity index (χ4v) is 10.4. The quantitative estimate of drug-likeness (QED) is 0.0303. The zero-order valence-corrected chi connectivity index (χ0v) is 40.0. The van der Waals surface area contributed by atoms with E-state index in [4.69, 9.17) is 5.53 Å². The summed E-state index contributed by atoms with van der Waals surface area (Å²) < 4.78 is 65.8. The fraction of sp³-hybridized carbons (Fsp3) is 0.553. The van der Waals surface area contributed by atoms with Gasteiger partial charge >= 0.3 is 0 Å². The Hall–Kier alpha value is -4.04. The lowest BCUT2D eigenvalue weighted by Gasteiger charge is -2.27. The highest BCUT2D eigenvalue weighted by atomic mass is 32.2. The van der Waals surface area contributed by atoms with Crippen LogP contribution in [0.2, 0.25) is 0 Å². The maximum absolute atomic E-state index is 12.7. The molecule has 1 aliphatic heterocycles. The zero-order valence-electron chi connectivity index (χ0n) is 38.4. The van der Waals surface area contributed by atoms with Crippen LogP contribution in [0.4, 0.5) is 5.69 Å². The first-order valence-electron chi connectivity index (χ1n) is 21.5. The molecular formula is C47H69N7O5S2+2. The van der Waals surface area contributed by atoms with Crippen LogP contribution < -0.4 is 5.32 Å². The Morgan fingerprint density at radius 1 is 0.869 bits per heavy atom. The van der Waals surface area contributed by atoms with E-state index in [0.29, 0.717) is 24.4 Å². The first kappa shape index (κ1) is 48.0. The van der Waals surface area contributed by atoms with Gasteiger partial charge in [0.25, 0.3) is 0 Å². The number of rotatable bonds is 18. The molecule has 1 N–H and O–H groups in total. The average Bonchev–Trinajstić information content (AvgIpc) is 3.49. The van der Waals surface area contributed by atoms with Crippen LogP contribution in [0.15, 0.2) is 98.0 Å². The Kier molecular flexibility index (Phi) is 14.4. The number of sulfone groups is 1. The summed E-state index contributed by atoms with van der Waals surface area (Å²) in [6, 6.07) is 10.4. The lowest BCUT2D eigenvalue weighted by Crippen LogP contribution is -2.36. The van der Waals surface area contributed by atoms with Crippen LogP contribution in [-0.2, 0) is 30.8 Å². The van der Waals surface area contributed by atoms with Crippen molar-refractivity contribution in [1.29, 1.82) is 0 Å². The number of nitrogens with zero attached hydrogens (tertiary/aromatic N) is 6. The number of azide groups is 1. The van der Waals surface area contributed by atoms with E-state index in [1.54, 1.807) is 18.2 Å². The normalized spacial score (nSPS) is 20.4. The maximum atomic E-state index is 12.7. The summed E-state index contributed by atoms with van der Waals surface area (Å²) >= 11 is 0. The van der Waals surface area contributed by atoms with E-state index in [0.717, 1.165) is 101 Å². The Labute approximate surface area is 365 Å². The van der Waals surface area contributed by atoms with Gasteiger partial charge in [-0.2, -0.15) is 4.58 Å².